The van der Waals surface area contributed by atoms with Gasteiger partial charge in [0.2, 0.25) is 0 Å². The van der Waals surface area contributed by atoms with Gasteiger partial charge in [-0.25, -0.2) is 0 Å². The van der Waals surface area contributed by atoms with Crippen LogP contribution in [-0.4, -0.2) is 9.52 Å². The number of hydrogen-bond donors (Lipinski definition) is 0. The zero-order chi connectivity index (χ0) is 9.38. The molecule has 72 valence electrons. The van der Waals surface area contributed by atoms with E-state index in [-0.39, 0.29) is 0 Å². The fraction of sp³-hybridized carbons (Fsp3) is 0.538. The summed E-state index contributed by atoms with van der Waals surface area (Å²) in [7, 11) is 1.08. The summed E-state index contributed by atoms with van der Waals surface area (Å²) in [5, 5.41) is 1.57. The average molecular weight is 200 g/mol. The Morgan fingerprint density at radius 1 is 1.00 bits per heavy atom. The fourth-order valence-corrected chi connectivity index (χ4v) is 4.97. The second-order valence-corrected chi connectivity index (χ2v) is 6.40. The van der Waals surface area contributed by atoms with Crippen LogP contribution in [0.15, 0.2) is 30.3 Å². The summed E-state index contributed by atoms with van der Waals surface area (Å²) in [6.07, 6.45) is 6.12. The Morgan fingerprint density at radius 3 is 2.50 bits per heavy atom. The topological polar surface area (TPSA) is 0 Å². The zero-order valence-corrected chi connectivity index (χ0v) is 9.45. The van der Waals surface area contributed by atoms with Crippen LogP contribution >= 0.6 is 0 Å². The number of rotatable bonds is 2. The van der Waals surface area contributed by atoms with Crippen LogP contribution in [-0.2, 0) is 0 Å². The van der Waals surface area contributed by atoms with Gasteiger partial charge in [0.25, 0.3) is 0 Å². The first-order chi connectivity index (χ1) is 6.92. The van der Waals surface area contributed by atoms with Crippen molar-refractivity contribution in [2.75, 3.05) is 0 Å². The van der Waals surface area contributed by atoms with Crippen molar-refractivity contribution in [3.63, 3.8) is 0 Å². The quantitative estimate of drug-likeness (QED) is 0.644. The molecule has 0 nitrogen and oxygen atoms in total. The molecule has 2 fully saturated rings. The monoisotopic (exact) mass is 200 g/mol. The van der Waals surface area contributed by atoms with Crippen molar-refractivity contribution in [2.45, 2.75) is 31.2 Å². The van der Waals surface area contributed by atoms with Crippen LogP contribution in [0.1, 0.15) is 25.7 Å². The third-order valence-corrected chi connectivity index (χ3v) is 5.61. The Morgan fingerprint density at radius 2 is 1.86 bits per heavy atom. The summed E-state index contributed by atoms with van der Waals surface area (Å²) < 4.78 is 0. The predicted molar refractivity (Wildman–Crippen MR) is 61.0 cm³/mol. The molecular weight excluding hydrogens is 184 g/mol. The van der Waals surface area contributed by atoms with Crippen molar-refractivity contribution < 1.29 is 0 Å². The van der Waals surface area contributed by atoms with Gasteiger partial charge in [0.05, 0.1) is 9.52 Å². The van der Waals surface area contributed by atoms with E-state index in [0.29, 0.717) is 0 Å². The maximum atomic E-state index is 2.30. The molecular formula is C13H16Si. The number of fused-ring (bicyclic) bond motifs is 2. The molecule has 3 atom stereocenters. The van der Waals surface area contributed by atoms with E-state index in [4.69, 9.17) is 0 Å². The first kappa shape index (κ1) is 8.72. The Bertz CT molecular complexity index is 306. The third-order valence-electron chi connectivity index (χ3n) is 3.86. The molecule has 0 amide bonds. The van der Waals surface area contributed by atoms with Gasteiger partial charge >= 0.3 is 0 Å². The van der Waals surface area contributed by atoms with Crippen molar-refractivity contribution in [1.82, 2.24) is 0 Å². The highest BCUT2D eigenvalue weighted by Gasteiger charge is 2.39. The molecule has 0 spiro atoms. The van der Waals surface area contributed by atoms with Crippen molar-refractivity contribution >= 4 is 14.7 Å². The molecule has 0 aliphatic heterocycles. The molecule has 0 saturated heterocycles. The summed E-state index contributed by atoms with van der Waals surface area (Å²) >= 11 is 0. The highest BCUT2D eigenvalue weighted by Crippen LogP contribution is 2.50. The molecule has 3 unspecified atom stereocenters. The van der Waals surface area contributed by atoms with Crippen LogP contribution < -0.4 is 5.19 Å². The van der Waals surface area contributed by atoms with Crippen LogP contribution in [0.4, 0.5) is 0 Å². The lowest BCUT2D eigenvalue weighted by molar-refractivity contribution is 0.478. The predicted octanol–water partition coefficient (Wildman–Crippen LogP) is 2.62. The van der Waals surface area contributed by atoms with E-state index in [9.17, 15) is 0 Å². The second-order valence-electron chi connectivity index (χ2n) is 4.79. The Balaban J connectivity index is 1.69. The van der Waals surface area contributed by atoms with Gasteiger partial charge in [0, 0.05) is 0 Å². The first-order valence-electron chi connectivity index (χ1n) is 5.73. The van der Waals surface area contributed by atoms with E-state index >= 15 is 0 Å². The molecule has 1 aromatic rings. The minimum absolute atomic E-state index is 1.04. The van der Waals surface area contributed by atoms with Crippen LogP contribution in [0.25, 0.3) is 0 Å². The van der Waals surface area contributed by atoms with E-state index in [0.717, 1.165) is 26.9 Å². The summed E-state index contributed by atoms with van der Waals surface area (Å²) in [4.78, 5) is 0. The molecule has 0 N–H and O–H groups in total. The Kier molecular flexibility index (Phi) is 2.21. The SMILES string of the molecule is c1ccc([Si]C2CC3CCC2C3)cc1. The van der Waals surface area contributed by atoms with Gasteiger partial charge in [0.1, 0.15) is 0 Å². The molecule has 2 radical (unpaired) electrons. The molecule has 0 heterocycles. The van der Waals surface area contributed by atoms with E-state index in [1.54, 1.807) is 11.6 Å². The maximum Gasteiger partial charge on any atom is 0.0845 e. The molecule has 1 aromatic carbocycles. The molecule has 2 aliphatic carbocycles. The minimum Gasteiger partial charge on any atom is -0.0639 e. The summed E-state index contributed by atoms with van der Waals surface area (Å²) in [5.74, 6) is 2.18. The van der Waals surface area contributed by atoms with Crippen molar-refractivity contribution in [3.8, 4) is 0 Å². The first-order valence-corrected chi connectivity index (χ1v) is 6.81. The van der Waals surface area contributed by atoms with Crippen LogP contribution in [0.2, 0.25) is 5.54 Å². The van der Waals surface area contributed by atoms with E-state index in [1.807, 2.05) is 0 Å². The molecule has 14 heavy (non-hydrogen) atoms. The fourth-order valence-electron chi connectivity index (χ4n) is 3.17. The summed E-state index contributed by atoms with van der Waals surface area (Å²) in [6, 6.07) is 11.1. The van der Waals surface area contributed by atoms with Gasteiger partial charge in [-0.2, -0.15) is 0 Å². The largest absolute Gasteiger partial charge is 0.0845 e. The van der Waals surface area contributed by atoms with E-state index < -0.39 is 0 Å². The highest BCUT2D eigenvalue weighted by molar-refractivity contribution is 6.55. The van der Waals surface area contributed by atoms with Crippen LogP contribution in [0.3, 0.4) is 0 Å². The Labute approximate surface area is 88.5 Å². The lowest BCUT2D eigenvalue weighted by Crippen LogP contribution is -2.22. The molecule has 2 saturated carbocycles. The normalized spacial score (nSPS) is 35.0. The van der Waals surface area contributed by atoms with Crippen molar-refractivity contribution in [3.05, 3.63) is 30.3 Å². The number of hydrogen-bond acceptors (Lipinski definition) is 0. The standard InChI is InChI=1S/C13H16Si/c1-2-4-12(5-3-1)14-13-9-10-6-7-11(13)8-10/h1-5,10-11,13H,6-9H2. The van der Waals surface area contributed by atoms with Gasteiger partial charge in [-0.15, -0.1) is 0 Å². The van der Waals surface area contributed by atoms with Crippen LogP contribution in [0, 0.1) is 11.8 Å². The molecule has 2 aliphatic rings. The smallest absolute Gasteiger partial charge is 0.0639 e. The maximum absolute atomic E-state index is 2.30. The van der Waals surface area contributed by atoms with Gasteiger partial charge in [-0.05, 0) is 30.2 Å². The third kappa shape index (κ3) is 1.54. The molecule has 3 rings (SSSR count). The summed E-state index contributed by atoms with van der Waals surface area (Å²) in [6.45, 7) is 0. The molecule has 0 aromatic heterocycles. The van der Waals surface area contributed by atoms with Crippen LogP contribution in [0.5, 0.6) is 0 Å². The van der Waals surface area contributed by atoms with Gasteiger partial charge < -0.3 is 0 Å². The van der Waals surface area contributed by atoms with Crippen molar-refractivity contribution in [1.29, 1.82) is 0 Å². The molecule has 2 bridgehead atoms. The van der Waals surface area contributed by atoms with Gasteiger partial charge in [0.15, 0.2) is 0 Å². The minimum atomic E-state index is 1.04. The van der Waals surface area contributed by atoms with Crippen molar-refractivity contribution in [2.24, 2.45) is 11.8 Å². The Hall–Kier alpha value is -0.563. The lowest BCUT2D eigenvalue weighted by Gasteiger charge is -2.20. The van der Waals surface area contributed by atoms with Gasteiger partial charge in [-0.3, -0.25) is 0 Å². The van der Waals surface area contributed by atoms with E-state index in [1.165, 1.54) is 19.3 Å². The van der Waals surface area contributed by atoms with Gasteiger partial charge in [-0.1, -0.05) is 48.4 Å². The average Bonchev–Trinajstić information content (AvgIpc) is 2.81. The number of benzene rings is 1. The van der Waals surface area contributed by atoms with E-state index in [2.05, 4.69) is 30.3 Å². The zero-order valence-electron chi connectivity index (χ0n) is 8.45. The second kappa shape index (κ2) is 3.54. The molecule has 1 heteroatoms. The lowest BCUT2D eigenvalue weighted by atomic mass is 10.0. The summed E-state index contributed by atoms with van der Waals surface area (Å²) in [5.41, 5.74) is 1.04. The highest BCUT2D eigenvalue weighted by atomic mass is 28.2.